The average Bonchev–Trinajstić information content (AvgIpc) is 3.20. The zero-order valence-corrected chi connectivity index (χ0v) is 24.6. The van der Waals surface area contributed by atoms with E-state index in [0.717, 1.165) is 11.1 Å². The fourth-order valence-electron chi connectivity index (χ4n) is 5.04. The fraction of sp³-hybridized carbons (Fsp3) is 0.467. The van der Waals surface area contributed by atoms with E-state index in [1.54, 1.807) is 19.2 Å². The number of benzene rings is 1. The van der Waals surface area contributed by atoms with E-state index in [0.29, 0.717) is 47.6 Å². The maximum absolute atomic E-state index is 13.6. The Hall–Kier alpha value is -4.28. The molecule has 0 unspecified atom stereocenters. The Kier molecular flexibility index (Phi) is 10.6. The van der Waals surface area contributed by atoms with Gasteiger partial charge in [-0.2, -0.15) is 0 Å². The SMILES string of the molecule is CC[C@H](C)[C@@H](Nc1ccc2c(cc1=O)[C@H](NC(C)=O)CCc1cc(OC)c(OC)c(OC)c1-2)C(=O)NCC(=O)OC. The zero-order valence-electron chi connectivity index (χ0n) is 24.6. The smallest absolute Gasteiger partial charge is 0.325 e. The van der Waals surface area contributed by atoms with Crippen molar-refractivity contribution in [3.8, 4) is 28.4 Å². The van der Waals surface area contributed by atoms with Crippen LogP contribution in [0.5, 0.6) is 17.2 Å². The van der Waals surface area contributed by atoms with Crippen LogP contribution in [0, 0.1) is 5.92 Å². The van der Waals surface area contributed by atoms with Crippen LogP contribution in [-0.2, 0) is 25.5 Å². The molecule has 0 saturated heterocycles. The third-order valence-corrected chi connectivity index (χ3v) is 7.36. The molecule has 0 fully saturated rings. The lowest BCUT2D eigenvalue weighted by molar-refractivity contribution is -0.141. The molecule has 0 saturated carbocycles. The van der Waals surface area contributed by atoms with Gasteiger partial charge >= 0.3 is 5.97 Å². The van der Waals surface area contributed by atoms with Crippen molar-refractivity contribution in [2.24, 2.45) is 5.92 Å². The molecule has 222 valence electrons. The normalized spacial score (nSPS) is 15.1. The Balaban J connectivity index is 2.21. The third kappa shape index (κ3) is 6.90. The van der Waals surface area contributed by atoms with Crippen molar-refractivity contribution in [2.75, 3.05) is 40.3 Å². The molecule has 2 amide bonds. The quantitative estimate of drug-likeness (QED) is 0.348. The number of fused-ring (bicyclic) bond motifs is 3. The van der Waals surface area contributed by atoms with Gasteiger partial charge in [-0.05, 0) is 53.6 Å². The van der Waals surface area contributed by atoms with Crippen LogP contribution in [-0.4, -0.2) is 58.8 Å². The van der Waals surface area contributed by atoms with Crippen molar-refractivity contribution in [3.63, 3.8) is 0 Å². The van der Waals surface area contributed by atoms with Gasteiger partial charge < -0.3 is 34.9 Å². The minimum Gasteiger partial charge on any atom is -0.493 e. The van der Waals surface area contributed by atoms with Gasteiger partial charge in [-0.3, -0.25) is 19.2 Å². The number of amides is 2. The highest BCUT2D eigenvalue weighted by atomic mass is 16.5. The molecule has 0 aromatic heterocycles. The van der Waals surface area contributed by atoms with E-state index >= 15 is 0 Å². The van der Waals surface area contributed by atoms with Crippen LogP contribution in [0.15, 0.2) is 29.1 Å². The molecule has 0 aliphatic heterocycles. The van der Waals surface area contributed by atoms with Crippen molar-refractivity contribution < 1.29 is 33.3 Å². The summed E-state index contributed by atoms with van der Waals surface area (Å²) in [5.41, 5.74) is 2.75. The van der Waals surface area contributed by atoms with Crippen LogP contribution in [0.4, 0.5) is 5.69 Å². The van der Waals surface area contributed by atoms with Gasteiger partial charge in [0.05, 0.1) is 40.2 Å². The molecule has 11 heteroatoms. The second-order valence-electron chi connectivity index (χ2n) is 9.90. The van der Waals surface area contributed by atoms with Gasteiger partial charge in [-0.25, -0.2) is 0 Å². The predicted molar refractivity (Wildman–Crippen MR) is 155 cm³/mol. The average molecular weight is 570 g/mol. The minimum absolute atomic E-state index is 0.167. The van der Waals surface area contributed by atoms with Gasteiger partial charge in [0.15, 0.2) is 11.5 Å². The van der Waals surface area contributed by atoms with Gasteiger partial charge in [0.1, 0.15) is 12.6 Å². The number of hydrogen-bond acceptors (Lipinski definition) is 9. The number of carbonyl (C=O) groups is 3. The lowest BCUT2D eigenvalue weighted by atomic mass is 9.95. The number of anilines is 1. The van der Waals surface area contributed by atoms with E-state index in [1.807, 2.05) is 19.9 Å². The van der Waals surface area contributed by atoms with Crippen LogP contribution in [0.25, 0.3) is 11.1 Å². The van der Waals surface area contributed by atoms with Crippen molar-refractivity contribution in [1.29, 1.82) is 0 Å². The van der Waals surface area contributed by atoms with E-state index in [-0.39, 0.29) is 29.5 Å². The molecule has 2 aromatic carbocycles. The summed E-state index contributed by atoms with van der Waals surface area (Å²) in [6.07, 6.45) is 1.74. The number of hydrogen-bond donors (Lipinski definition) is 3. The first-order valence-corrected chi connectivity index (χ1v) is 13.5. The summed E-state index contributed by atoms with van der Waals surface area (Å²) in [5, 5.41) is 8.66. The molecule has 11 nitrogen and oxygen atoms in total. The molecular weight excluding hydrogens is 530 g/mol. The zero-order chi connectivity index (χ0) is 30.3. The van der Waals surface area contributed by atoms with Crippen molar-refractivity contribution >= 4 is 23.5 Å². The van der Waals surface area contributed by atoms with E-state index in [1.165, 1.54) is 34.3 Å². The van der Waals surface area contributed by atoms with E-state index < -0.39 is 24.0 Å². The first kappa shape index (κ1) is 31.3. The molecule has 3 N–H and O–H groups in total. The summed E-state index contributed by atoms with van der Waals surface area (Å²) in [6, 6.07) is 5.53. The molecule has 41 heavy (non-hydrogen) atoms. The lowest BCUT2D eigenvalue weighted by Crippen LogP contribution is -2.46. The summed E-state index contributed by atoms with van der Waals surface area (Å²) < 4.78 is 21.6. The molecule has 0 radical (unpaired) electrons. The molecule has 2 aromatic rings. The standard InChI is InChI=1S/C30H39N3O8/c1-8-16(2)27(30(37)31-15-25(36)39-5)33-22-12-10-19-20(14-23(22)35)21(32-17(3)34)11-9-18-13-24(38-4)28(40-6)29(41-7)26(18)19/h10,12-14,16,21,27H,8-9,11,15H2,1-7H3,(H,31,37)(H,32,34)(H,33,35)/t16-,21+,27+/m0/s1. The maximum Gasteiger partial charge on any atom is 0.325 e. The second-order valence-corrected chi connectivity index (χ2v) is 9.90. The van der Waals surface area contributed by atoms with Gasteiger partial charge in [-0.1, -0.05) is 26.3 Å². The Labute approximate surface area is 239 Å². The Morgan fingerprint density at radius 3 is 2.32 bits per heavy atom. The topological polar surface area (TPSA) is 141 Å². The van der Waals surface area contributed by atoms with E-state index in [4.69, 9.17) is 14.2 Å². The molecule has 1 aliphatic carbocycles. The highest BCUT2D eigenvalue weighted by molar-refractivity contribution is 5.88. The van der Waals surface area contributed by atoms with Crippen LogP contribution in [0.2, 0.25) is 0 Å². The second kappa shape index (κ2) is 13.9. The molecule has 3 atom stereocenters. The Morgan fingerprint density at radius 2 is 1.73 bits per heavy atom. The summed E-state index contributed by atoms with van der Waals surface area (Å²) in [7, 11) is 5.84. The number of rotatable bonds is 11. The van der Waals surface area contributed by atoms with Gasteiger partial charge in [0.2, 0.25) is 23.0 Å². The number of aryl methyl sites for hydroxylation is 1. The lowest BCUT2D eigenvalue weighted by Gasteiger charge is -2.23. The highest BCUT2D eigenvalue weighted by Crippen LogP contribution is 2.50. The Morgan fingerprint density at radius 1 is 1.02 bits per heavy atom. The van der Waals surface area contributed by atoms with E-state index in [2.05, 4.69) is 20.7 Å². The minimum atomic E-state index is -0.795. The van der Waals surface area contributed by atoms with E-state index in [9.17, 15) is 19.2 Å². The van der Waals surface area contributed by atoms with Crippen LogP contribution < -0.4 is 35.6 Å². The molecule has 1 aliphatic rings. The molecule has 0 spiro atoms. The maximum atomic E-state index is 13.6. The number of nitrogens with one attached hydrogen (secondary N) is 3. The number of carbonyl (C=O) groups excluding carboxylic acids is 3. The van der Waals surface area contributed by atoms with Gasteiger partial charge in [0.25, 0.3) is 0 Å². The third-order valence-electron chi connectivity index (χ3n) is 7.36. The summed E-state index contributed by atoms with van der Waals surface area (Å²) in [6.45, 7) is 4.96. The van der Waals surface area contributed by atoms with Crippen molar-refractivity contribution in [3.05, 3.63) is 45.6 Å². The largest absolute Gasteiger partial charge is 0.493 e. The monoisotopic (exact) mass is 569 g/mol. The number of methoxy groups -OCH3 is 4. The highest BCUT2D eigenvalue weighted by Gasteiger charge is 2.30. The summed E-state index contributed by atoms with van der Waals surface area (Å²) in [5.74, 6) is -0.0560. The van der Waals surface area contributed by atoms with Gasteiger partial charge in [0, 0.05) is 12.5 Å². The van der Waals surface area contributed by atoms with Gasteiger partial charge in [-0.15, -0.1) is 0 Å². The van der Waals surface area contributed by atoms with Crippen LogP contribution in [0.3, 0.4) is 0 Å². The first-order chi connectivity index (χ1) is 19.6. The van der Waals surface area contributed by atoms with Crippen LogP contribution >= 0.6 is 0 Å². The first-order valence-electron chi connectivity index (χ1n) is 13.5. The molecule has 0 heterocycles. The fourth-order valence-corrected chi connectivity index (χ4v) is 5.04. The van der Waals surface area contributed by atoms with Crippen molar-refractivity contribution in [2.45, 2.75) is 52.1 Å². The van der Waals surface area contributed by atoms with Crippen LogP contribution in [0.1, 0.15) is 50.8 Å². The summed E-state index contributed by atoms with van der Waals surface area (Å²) in [4.78, 5) is 50.5. The number of esters is 1. The predicted octanol–water partition coefficient (Wildman–Crippen LogP) is 2.98. The molecule has 0 bridgehead atoms. The van der Waals surface area contributed by atoms with Crippen molar-refractivity contribution in [1.82, 2.24) is 10.6 Å². The Bertz CT molecular complexity index is 1360. The molecule has 3 rings (SSSR count). The molecular formula is C30H39N3O8. The number of ether oxygens (including phenoxy) is 4. The summed E-state index contributed by atoms with van der Waals surface area (Å²) >= 11 is 0.